The molecule has 0 radical (unpaired) electrons. The maximum absolute atomic E-state index is 13.6. The van der Waals surface area contributed by atoms with Gasteiger partial charge in [-0.05, 0) is 31.5 Å². The summed E-state index contributed by atoms with van der Waals surface area (Å²) in [5, 5.41) is 0. The first-order valence-electron chi connectivity index (χ1n) is 5.92. The summed E-state index contributed by atoms with van der Waals surface area (Å²) in [5.74, 6) is -0.0713. The van der Waals surface area contributed by atoms with Gasteiger partial charge in [0.05, 0.1) is 12.2 Å². The second-order valence-electron chi connectivity index (χ2n) is 4.43. The summed E-state index contributed by atoms with van der Waals surface area (Å²) < 4.78 is 45.5. The molecule has 0 aliphatic heterocycles. The lowest BCUT2D eigenvalue weighted by Crippen LogP contribution is -2.14. The van der Waals surface area contributed by atoms with E-state index in [9.17, 15) is 12.8 Å². The summed E-state index contributed by atoms with van der Waals surface area (Å²) in [6, 6.07) is 5.53. The molecule has 0 aliphatic rings. The van der Waals surface area contributed by atoms with Gasteiger partial charge in [0, 0.05) is 6.07 Å². The number of aryl methyl sites for hydroxylation is 2. The highest BCUT2D eigenvalue weighted by Crippen LogP contribution is 2.24. The van der Waals surface area contributed by atoms with Crippen molar-refractivity contribution in [1.29, 1.82) is 0 Å². The van der Waals surface area contributed by atoms with Crippen molar-refractivity contribution in [2.24, 2.45) is 5.73 Å². The molecule has 3 N–H and O–H groups in total. The molecule has 0 saturated carbocycles. The molecule has 1 aromatic carbocycles. The predicted octanol–water partition coefficient (Wildman–Crippen LogP) is 2.30. The van der Waals surface area contributed by atoms with Gasteiger partial charge in [-0.2, -0.15) is 0 Å². The molecule has 0 spiro atoms. The van der Waals surface area contributed by atoms with Crippen LogP contribution in [-0.4, -0.2) is 8.42 Å². The minimum absolute atomic E-state index is 0.0427. The molecule has 0 aliphatic carbocycles. The highest BCUT2D eigenvalue weighted by molar-refractivity contribution is 7.92. The predicted molar refractivity (Wildman–Crippen MR) is 73.3 cm³/mol. The number of furan rings is 1. The van der Waals surface area contributed by atoms with Crippen molar-refractivity contribution in [1.82, 2.24) is 0 Å². The number of benzene rings is 1. The van der Waals surface area contributed by atoms with E-state index in [1.807, 2.05) is 0 Å². The average molecular weight is 298 g/mol. The van der Waals surface area contributed by atoms with Crippen molar-refractivity contribution in [2.75, 3.05) is 4.72 Å². The van der Waals surface area contributed by atoms with E-state index in [-0.39, 0.29) is 22.9 Å². The molecule has 108 valence electrons. The molecule has 0 amide bonds. The number of nitrogens with two attached hydrogens (primary N) is 1. The molecular weight excluding hydrogens is 283 g/mol. The van der Waals surface area contributed by atoms with Crippen LogP contribution in [-0.2, 0) is 16.6 Å². The lowest BCUT2D eigenvalue weighted by Gasteiger charge is -2.08. The zero-order chi connectivity index (χ0) is 14.9. The van der Waals surface area contributed by atoms with Gasteiger partial charge in [0.25, 0.3) is 10.0 Å². The Morgan fingerprint density at radius 3 is 2.60 bits per heavy atom. The Morgan fingerprint density at radius 2 is 2.00 bits per heavy atom. The van der Waals surface area contributed by atoms with Gasteiger partial charge >= 0.3 is 0 Å². The zero-order valence-corrected chi connectivity index (χ0v) is 11.9. The standard InChI is InChI=1S/C13H15FN2O3S/c1-8-3-4-11(14)12(5-8)16-20(17,18)13-6-10(7-15)19-9(13)2/h3-6,16H,7,15H2,1-2H3. The minimum atomic E-state index is -3.91. The number of halogens is 1. The first-order valence-corrected chi connectivity index (χ1v) is 7.40. The largest absolute Gasteiger partial charge is 0.464 e. The first-order chi connectivity index (χ1) is 9.33. The van der Waals surface area contributed by atoms with Crippen molar-refractivity contribution in [3.63, 3.8) is 0 Å². The molecule has 0 saturated heterocycles. The summed E-state index contributed by atoms with van der Waals surface area (Å²) in [7, 11) is -3.91. The molecule has 2 rings (SSSR count). The molecular formula is C13H15FN2O3S. The molecule has 0 atom stereocenters. The van der Waals surface area contributed by atoms with E-state index in [2.05, 4.69) is 4.72 Å². The van der Waals surface area contributed by atoms with Gasteiger partial charge in [-0.25, -0.2) is 12.8 Å². The number of anilines is 1. The molecule has 20 heavy (non-hydrogen) atoms. The molecule has 7 heteroatoms. The van der Waals surface area contributed by atoms with Crippen molar-refractivity contribution in [2.45, 2.75) is 25.3 Å². The fraction of sp³-hybridized carbons (Fsp3) is 0.231. The van der Waals surface area contributed by atoms with Gasteiger partial charge in [-0.3, -0.25) is 4.72 Å². The number of hydrogen-bond donors (Lipinski definition) is 2. The molecule has 1 aromatic heterocycles. The summed E-state index contributed by atoms with van der Waals surface area (Å²) in [6.07, 6.45) is 0. The van der Waals surface area contributed by atoms with Crippen molar-refractivity contribution in [3.8, 4) is 0 Å². The third-order valence-corrected chi connectivity index (χ3v) is 4.25. The summed E-state index contributed by atoms with van der Waals surface area (Å²) >= 11 is 0. The normalized spacial score (nSPS) is 11.6. The Kier molecular flexibility index (Phi) is 3.82. The van der Waals surface area contributed by atoms with E-state index >= 15 is 0 Å². The van der Waals surface area contributed by atoms with Crippen LogP contribution in [0, 0.1) is 19.7 Å². The summed E-state index contributed by atoms with van der Waals surface area (Å²) in [4.78, 5) is -0.0427. The highest BCUT2D eigenvalue weighted by atomic mass is 32.2. The lowest BCUT2D eigenvalue weighted by molar-refractivity contribution is 0.479. The SMILES string of the molecule is Cc1ccc(F)c(NS(=O)(=O)c2cc(CN)oc2C)c1. The maximum atomic E-state index is 13.6. The Labute approximate surface area is 116 Å². The number of sulfonamides is 1. The van der Waals surface area contributed by atoms with Crippen molar-refractivity contribution in [3.05, 3.63) is 47.2 Å². The minimum Gasteiger partial charge on any atom is -0.464 e. The van der Waals surface area contributed by atoms with Crippen LogP contribution in [0.1, 0.15) is 17.1 Å². The van der Waals surface area contributed by atoms with Crippen LogP contribution in [0.15, 0.2) is 33.6 Å². The Balaban J connectivity index is 2.40. The van der Waals surface area contributed by atoms with Gasteiger partial charge < -0.3 is 10.2 Å². The molecule has 2 aromatic rings. The summed E-state index contributed by atoms with van der Waals surface area (Å²) in [6.45, 7) is 3.35. The number of nitrogens with one attached hydrogen (secondary N) is 1. The molecule has 0 unspecified atom stereocenters. The van der Waals surface area contributed by atoms with E-state index in [0.717, 1.165) is 5.56 Å². The van der Waals surface area contributed by atoms with E-state index < -0.39 is 15.8 Å². The average Bonchev–Trinajstić information content (AvgIpc) is 2.76. The summed E-state index contributed by atoms with van der Waals surface area (Å²) in [5.41, 5.74) is 6.05. The third-order valence-electron chi connectivity index (χ3n) is 2.78. The van der Waals surface area contributed by atoms with Crippen molar-refractivity contribution < 1.29 is 17.2 Å². The van der Waals surface area contributed by atoms with E-state index in [1.54, 1.807) is 13.0 Å². The van der Waals surface area contributed by atoms with Crippen LogP contribution in [0.3, 0.4) is 0 Å². The van der Waals surface area contributed by atoms with Crippen LogP contribution in [0.4, 0.5) is 10.1 Å². The van der Waals surface area contributed by atoms with Crippen LogP contribution >= 0.6 is 0 Å². The van der Waals surface area contributed by atoms with Crippen molar-refractivity contribution >= 4 is 15.7 Å². The third kappa shape index (κ3) is 2.83. The highest BCUT2D eigenvalue weighted by Gasteiger charge is 2.22. The fourth-order valence-electron chi connectivity index (χ4n) is 1.81. The van der Waals surface area contributed by atoms with E-state index in [4.69, 9.17) is 10.2 Å². The van der Waals surface area contributed by atoms with Gasteiger partial charge in [-0.15, -0.1) is 0 Å². The first kappa shape index (κ1) is 14.5. The zero-order valence-electron chi connectivity index (χ0n) is 11.1. The smallest absolute Gasteiger partial charge is 0.265 e. The van der Waals surface area contributed by atoms with E-state index in [0.29, 0.717) is 5.76 Å². The quantitative estimate of drug-likeness (QED) is 0.907. The van der Waals surface area contributed by atoms with Gasteiger partial charge in [-0.1, -0.05) is 6.07 Å². The maximum Gasteiger partial charge on any atom is 0.265 e. The molecule has 5 nitrogen and oxygen atoms in total. The topological polar surface area (TPSA) is 85.3 Å². The number of hydrogen-bond acceptors (Lipinski definition) is 4. The van der Waals surface area contributed by atoms with Gasteiger partial charge in [0.2, 0.25) is 0 Å². The van der Waals surface area contributed by atoms with Crippen LogP contribution < -0.4 is 10.5 Å². The van der Waals surface area contributed by atoms with E-state index in [1.165, 1.54) is 25.1 Å². The Bertz CT molecular complexity index is 738. The van der Waals surface area contributed by atoms with Crippen LogP contribution in [0.2, 0.25) is 0 Å². The lowest BCUT2D eigenvalue weighted by atomic mass is 10.2. The monoisotopic (exact) mass is 298 g/mol. The molecule has 0 fully saturated rings. The second-order valence-corrected chi connectivity index (χ2v) is 6.08. The van der Waals surface area contributed by atoms with Gasteiger partial charge in [0.1, 0.15) is 22.2 Å². The second kappa shape index (κ2) is 5.26. The fourth-order valence-corrected chi connectivity index (χ4v) is 3.07. The Morgan fingerprint density at radius 1 is 1.30 bits per heavy atom. The van der Waals surface area contributed by atoms with Gasteiger partial charge in [0.15, 0.2) is 0 Å². The number of rotatable bonds is 4. The molecule has 0 bridgehead atoms. The molecule has 1 heterocycles. The van der Waals surface area contributed by atoms with Crippen LogP contribution in [0.5, 0.6) is 0 Å². The van der Waals surface area contributed by atoms with Crippen LogP contribution in [0.25, 0.3) is 0 Å². The Hall–Kier alpha value is -1.86.